The van der Waals surface area contributed by atoms with Crippen LogP contribution < -0.4 is 10.2 Å². The van der Waals surface area contributed by atoms with Crippen molar-refractivity contribution in [3.05, 3.63) is 30.1 Å². The fraction of sp³-hybridized carbons (Fsp3) is 0.467. The third-order valence-corrected chi connectivity index (χ3v) is 4.81. The van der Waals surface area contributed by atoms with Crippen molar-refractivity contribution >= 4 is 23.7 Å². The third kappa shape index (κ3) is 4.11. The highest BCUT2D eigenvalue weighted by molar-refractivity contribution is 7.97. The Bertz CT molecular complexity index is 642. The molecule has 3 rings (SSSR count). The summed E-state index contributed by atoms with van der Waals surface area (Å²) in [5.41, 5.74) is 0.733. The molecule has 1 unspecified atom stereocenters. The van der Waals surface area contributed by atoms with Crippen molar-refractivity contribution in [3.8, 4) is 0 Å². The zero-order valence-electron chi connectivity index (χ0n) is 13.8. The number of aliphatic hydroxyl groups is 1. The van der Waals surface area contributed by atoms with E-state index < -0.39 is 6.10 Å². The number of hydrogen-bond donors (Lipinski definition) is 2. The molecular formula is C15H21N7OS. The summed E-state index contributed by atoms with van der Waals surface area (Å²) in [5.74, 6) is 1.48. The molecule has 2 aromatic rings. The Labute approximate surface area is 145 Å². The van der Waals surface area contributed by atoms with Gasteiger partial charge in [0.05, 0.1) is 6.10 Å². The molecule has 1 fully saturated rings. The predicted molar refractivity (Wildman–Crippen MR) is 93.9 cm³/mol. The summed E-state index contributed by atoms with van der Waals surface area (Å²) >= 11 is 1.62. The van der Waals surface area contributed by atoms with E-state index >= 15 is 0 Å². The number of piperazine rings is 1. The second-order valence-electron chi connectivity index (χ2n) is 5.51. The van der Waals surface area contributed by atoms with Crippen molar-refractivity contribution < 1.29 is 5.11 Å². The van der Waals surface area contributed by atoms with Gasteiger partial charge >= 0.3 is 0 Å². The van der Waals surface area contributed by atoms with E-state index in [0.717, 1.165) is 42.6 Å². The molecule has 0 aliphatic carbocycles. The molecule has 2 N–H and O–H groups in total. The average Bonchev–Trinajstić information content (AvgIpc) is 2.63. The van der Waals surface area contributed by atoms with Crippen LogP contribution in [0.3, 0.4) is 0 Å². The monoisotopic (exact) mass is 347 g/mol. The van der Waals surface area contributed by atoms with Crippen LogP contribution in [0.25, 0.3) is 0 Å². The van der Waals surface area contributed by atoms with E-state index in [1.165, 1.54) is 0 Å². The highest BCUT2D eigenvalue weighted by Gasteiger charge is 2.20. The Hall–Kier alpha value is -1.97. The van der Waals surface area contributed by atoms with Gasteiger partial charge < -0.3 is 15.3 Å². The first-order chi connectivity index (χ1) is 11.7. The van der Waals surface area contributed by atoms with Crippen LogP contribution in [0.1, 0.15) is 18.6 Å². The summed E-state index contributed by atoms with van der Waals surface area (Å²) in [7, 11) is 1.83. The normalized spacial score (nSPS) is 16.9. The van der Waals surface area contributed by atoms with Crippen molar-refractivity contribution in [2.45, 2.75) is 18.1 Å². The van der Waals surface area contributed by atoms with E-state index in [1.54, 1.807) is 31.3 Å². The molecule has 0 bridgehead atoms. The minimum Gasteiger partial charge on any atom is -0.389 e. The van der Waals surface area contributed by atoms with Gasteiger partial charge in [-0.2, -0.15) is 0 Å². The van der Waals surface area contributed by atoms with Gasteiger partial charge in [0.2, 0.25) is 5.95 Å². The Morgan fingerprint density at radius 2 is 1.83 bits per heavy atom. The number of nitrogens with zero attached hydrogens (tertiary/aromatic N) is 6. The summed E-state index contributed by atoms with van der Waals surface area (Å²) in [4.78, 5) is 10.9. The topological polar surface area (TPSA) is 90.3 Å². The van der Waals surface area contributed by atoms with Crippen molar-refractivity contribution in [3.63, 3.8) is 0 Å². The van der Waals surface area contributed by atoms with Gasteiger partial charge in [-0.05, 0) is 31.0 Å². The van der Waals surface area contributed by atoms with Crippen LogP contribution in [0.4, 0.5) is 11.8 Å². The fourth-order valence-corrected chi connectivity index (χ4v) is 3.14. The number of anilines is 2. The smallest absolute Gasteiger partial charge is 0.225 e. The van der Waals surface area contributed by atoms with Crippen LogP contribution in [0.5, 0.6) is 0 Å². The molecule has 1 saturated heterocycles. The summed E-state index contributed by atoms with van der Waals surface area (Å²) < 4.78 is 2.27. The molecule has 3 heterocycles. The molecule has 0 aromatic carbocycles. The Morgan fingerprint density at radius 3 is 2.38 bits per heavy atom. The largest absolute Gasteiger partial charge is 0.389 e. The maximum atomic E-state index is 9.51. The highest BCUT2D eigenvalue weighted by Crippen LogP contribution is 2.23. The first-order valence-corrected chi connectivity index (χ1v) is 8.62. The predicted octanol–water partition coefficient (Wildman–Crippen LogP) is 1.19. The molecule has 2 aromatic heterocycles. The molecule has 0 saturated carbocycles. The number of nitrogens with one attached hydrogen (secondary N) is 1. The maximum Gasteiger partial charge on any atom is 0.225 e. The molecule has 1 aliphatic heterocycles. The van der Waals surface area contributed by atoms with Crippen LogP contribution in [-0.4, -0.2) is 62.8 Å². The van der Waals surface area contributed by atoms with Crippen LogP contribution in [0.15, 0.2) is 29.6 Å². The van der Waals surface area contributed by atoms with Gasteiger partial charge in [-0.15, -0.1) is 10.2 Å². The van der Waals surface area contributed by atoms with E-state index in [4.69, 9.17) is 0 Å². The maximum absolute atomic E-state index is 9.51. The Morgan fingerprint density at radius 1 is 1.12 bits per heavy atom. The Kier molecular flexibility index (Phi) is 5.44. The molecular weight excluding hydrogens is 326 g/mol. The van der Waals surface area contributed by atoms with Gasteiger partial charge in [-0.3, -0.25) is 0 Å². The summed E-state index contributed by atoms with van der Waals surface area (Å²) in [6.45, 7) is 5.19. The summed E-state index contributed by atoms with van der Waals surface area (Å²) in [5, 5.41) is 21.6. The molecule has 128 valence electrons. The molecule has 24 heavy (non-hydrogen) atoms. The molecule has 0 spiro atoms. The van der Waals surface area contributed by atoms with Crippen molar-refractivity contribution in [2.24, 2.45) is 0 Å². The standard InChI is InChI=1S/C15H21N7OS/c1-11(23)12-9-17-15(18-10-12)21-5-7-22(8-6-21)24-14-4-3-13(16-2)19-20-14/h3-4,9-11,23H,5-8H2,1-2H3,(H,16,19). The van der Waals surface area contributed by atoms with Crippen LogP contribution >= 0.6 is 11.9 Å². The molecule has 9 heteroatoms. The average molecular weight is 347 g/mol. The fourth-order valence-electron chi connectivity index (χ4n) is 2.32. The summed E-state index contributed by atoms with van der Waals surface area (Å²) in [6, 6.07) is 3.89. The number of hydrogen-bond acceptors (Lipinski definition) is 9. The lowest BCUT2D eigenvalue weighted by molar-refractivity contribution is 0.198. The van der Waals surface area contributed by atoms with Crippen LogP contribution in [0, 0.1) is 0 Å². The van der Waals surface area contributed by atoms with E-state index in [9.17, 15) is 5.11 Å². The van der Waals surface area contributed by atoms with E-state index in [-0.39, 0.29) is 0 Å². The van der Waals surface area contributed by atoms with E-state index in [1.807, 2.05) is 19.2 Å². The highest BCUT2D eigenvalue weighted by atomic mass is 32.2. The zero-order valence-corrected chi connectivity index (χ0v) is 14.6. The van der Waals surface area contributed by atoms with E-state index in [0.29, 0.717) is 5.95 Å². The minimum absolute atomic E-state index is 0.539. The second kappa shape index (κ2) is 7.73. The molecule has 0 radical (unpaired) electrons. The van der Waals surface area contributed by atoms with Gasteiger partial charge in [0.1, 0.15) is 10.8 Å². The van der Waals surface area contributed by atoms with Gasteiger partial charge in [-0.25, -0.2) is 14.3 Å². The summed E-state index contributed by atoms with van der Waals surface area (Å²) in [6.07, 6.45) is 2.84. The van der Waals surface area contributed by atoms with Gasteiger partial charge in [0.15, 0.2) is 0 Å². The van der Waals surface area contributed by atoms with Crippen molar-refractivity contribution in [1.29, 1.82) is 0 Å². The lowest BCUT2D eigenvalue weighted by Crippen LogP contribution is -2.44. The molecule has 0 amide bonds. The lowest BCUT2D eigenvalue weighted by Gasteiger charge is -2.33. The first-order valence-electron chi connectivity index (χ1n) is 7.85. The quantitative estimate of drug-likeness (QED) is 0.774. The molecule has 8 nitrogen and oxygen atoms in total. The van der Waals surface area contributed by atoms with Crippen LogP contribution in [-0.2, 0) is 0 Å². The van der Waals surface area contributed by atoms with Crippen LogP contribution in [0.2, 0.25) is 0 Å². The first kappa shape index (κ1) is 16.9. The second-order valence-corrected chi connectivity index (χ2v) is 6.62. The molecule has 1 atom stereocenters. The number of aromatic nitrogens is 4. The third-order valence-electron chi connectivity index (χ3n) is 3.78. The number of rotatable bonds is 5. The van der Waals surface area contributed by atoms with Crippen molar-refractivity contribution in [2.75, 3.05) is 43.4 Å². The van der Waals surface area contributed by atoms with Gasteiger partial charge in [0, 0.05) is 51.2 Å². The SMILES string of the molecule is CNc1ccc(SN2CCN(c3ncc(C(C)O)cn3)CC2)nn1. The Balaban J connectivity index is 1.53. The lowest BCUT2D eigenvalue weighted by atomic mass is 10.2. The van der Waals surface area contributed by atoms with Gasteiger partial charge in [0.25, 0.3) is 0 Å². The minimum atomic E-state index is -0.539. The van der Waals surface area contributed by atoms with Crippen molar-refractivity contribution in [1.82, 2.24) is 24.5 Å². The number of aliphatic hydroxyl groups excluding tert-OH is 1. The van der Waals surface area contributed by atoms with Gasteiger partial charge in [-0.1, -0.05) is 0 Å². The van der Waals surface area contributed by atoms with E-state index in [2.05, 4.69) is 34.7 Å². The molecule has 1 aliphatic rings. The zero-order chi connectivity index (χ0) is 16.9.